The van der Waals surface area contributed by atoms with Crippen LogP contribution < -0.4 is 5.32 Å². The van der Waals surface area contributed by atoms with Crippen molar-refractivity contribution in [2.45, 2.75) is 38.6 Å². The van der Waals surface area contributed by atoms with Crippen molar-refractivity contribution in [2.24, 2.45) is 0 Å². The summed E-state index contributed by atoms with van der Waals surface area (Å²) in [5.41, 5.74) is -0.255. The van der Waals surface area contributed by atoms with Gasteiger partial charge in [0.1, 0.15) is 5.54 Å². The summed E-state index contributed by atoms with van der Waals surface area (Å²) in [7, 11) is 0. The Morgan fingerprint density at radius 1 is 1.33 bits per heavy atom. The molecular weight excluding hydrogens is 286 g/mol. The van der Waals surface area contributed by atoms with Crippen LogP contribution in [0.25, 0.3) is 10.1 Å². The molecule has 4 nitrogen and oxygen atoms in total. The van der Waals surface area contributed by atoms with Gasteiger partial charge in [0.05, 0.1) is 6.42 Å². The average molecular weight is 305 g/mol. The number of nitrogens with one attached hydrogen (secondary N) is 1. The Bertz CT molecular complexity index is 664. The molecule has 1 unspecified atom stereocenters. The molecule has 21 heavy (non-hydrogen) atoms. The topological polar surface area (TPSA) is 66.4 Å². The lowest BCUT2D eigenvalue weighted by molar-refractivity contribution is -0.147. The zero-order valence-corrected chi connectivity index (χ0v) is 13.0. The zero-order valence-electron chi connectivity index (χ0n) is 12.2. The van der Waals surface area contributed by atoms with Gasteiger partial charge in [-0.15, -0.1) is 11.3 Å². The van der Waals surface area contributed by atoms with Gasteiger partial charge in [-0.25, -0.2) is 4.79 Å². The molecule has 2 rings (SSSR count). The van der Waals surface area contributed by atoms with E-state index in [1.807, 2.05) is 36.6 Å². The summed E-state index contributed by atoms with van der Waals surface area (Å²) >= 11 is 1.59. The zero-order chi connectivity index (χ0) is 15.5. The van der Waals surface area contributed by atoms with Crippen molar-refractivity contribution < 1.29 is 14.7 Å². The number of carbonyl (C=O) groups excluding carboxylic acids is 1. The minimum Gasteiger partial charge on any atom is -0.480 e. The maximum atomic E-state index is 12.2. The van der Waals surface area contributed by atoms with Crippen molar-refractivity contribution in [3.8, 4) is 0 Å². The second-order valence-corrected chi connectivity index (χ2v) is 6.28. The minimum atomic E-state index is -1.20. The summed E-state index contributed by atoms with van der Waals surface area (Å²) in [6.07, 6.45) is 1.32. The molecule has 2 N–H and O–H groups in total. The van der Waals surface area contributed by atoms with Crippen molar-refractivity contribution in [2.75, 3.05) is 0 Å². The van der Waals surface area contributed by atoms with Gasteiger partial charge in [-0.2, -0.15) is 0 Å². The van der Waals surface area contributed by atoms with Crippen LogP contribution in [-0.4, -0.2) is 22.5 Å². The summed E-state index contributed by atoms with van der Waals surface area (Å²) in [6.45, 7) is 3.46. The number of carboxylic acid groups (broad SMARTS) is 1. The molecule has 5 heteroatoms. The van der Waals surface area contributed by atoms with Gasteiger partial charge in [0, 0.05) is 4.70 Å². The van der Waals surface area contributed by atoms with E-state index in [4.69, 9.17) is 0 Å². The number of carbonyl (C=O) groups is 2. The molecule has 112 valence electrons. The number of thiophene rings is 1. The van der Waals surface area contributed by atoms with Gasteiger partial charge in [-0.3, -0.25) is 4.79 Å². The molecule has 0 radical (unpaired) electrons. The first-order chi connectivity index (χ1) is 9.96. The number of carboxylic acids is 1. The molecule has 1 aromatic carbocycles. The van der Waals surface area contributed by atoms with Crippen LogP contribution in [0.15, 0.2) is 29.6 Å². The van der Waals surface area contributed by atoms with Crippen LogP contribution >= 0.6 is 11.3 Å². The van der Waals surface area contributed by atoms with Gasteiger partial charge in [0.25, 0.3) is 0 Å². The lowest BCUT2D eigenvalue weighted by Crippen LogP contribution is -2.52. The quantitative estimate of drug-likeness (QED) is 0.861. The van der Waals surface area contributed by atoms with Crippen molar-refractivity contribution in [1.82, 2.24) is 5.32 Å². The van der Waals surface area contributed by atoms with Gasteiger partial charge >= 0.3 is 5.97 Å². The Balaban J connectivity index is 2.12. The average Bonchev–Trinajstić information content (AvgIpc) is 2.82. The third-order valence-electron chi connectivity index (χ3n) is 3.55. The number of benzene rings is 1. The van der Waals surface area contributed by atoms with E-state index in [9.17, 15) is 14.7 Å². The van der Waals surface area contributed by atoms with Crippen molar-refractivity contribution in [3.05, 3.63) is 35.2 Å². The van der Waals surface area contributed by atoms with E-state index < -0.39 is 11.5 Å². The van der Waals surface area contributed by atoms with E-state index in [1.54, 1.807) is 18.3 Å². The lowest BCUT2D eigenvalue weighted by atomic mass is 9.96. The molecule has 1 aromatic heterocycles. The van der Waals surface area contributed by atoms with E-state index in [-0.39, 0.29) is 12.3 Å². The van der Waals surface area contributed by atoms with Crippen LogP contribution in [0.5, 0.6) is 0 Å². The number of rotatable bonds is 6. The van der Waals surface area contributed by atoms with E-state index in [2.05, 4.69) is 5.32 Å². The molecule has 1 amide bonds. The predicted molar refractivity (Wildman–Crippen MR) is 84.6 cm³/mol. The van der Waals surface area contributed by atoms with Crippen molar-refractivity contribution in [3.63, 3.8) is 0 Å². The minimum absolute atomic E-state index is 0.205. The molecule has 0 aliphatic rings. The van der Waals surface area contributed by atoms with Crippen LogP contribution in [0.1, 0.15) is 32.3 Å². The summed E-state index contributed by atoms with van der Waals surface area (Å²) in [5.74, 6) is -1.25. The van der Waals surface area contributed by atoms with Gasteiger partial charge in [-0.1, -0.05) is 31.5 Å². The fourth-order valence-corrected chi connectivity index (χ4v) is 3.38. The first kappa shape index (κ1) is 15.5. The third kappa shape index (κ3) is 3.42. The van der Waals surface area contributed by atoms with Crippen LogP contribution in [0.2, 0.25) is 0 Å². The highest BCUT2D eigenvalue weighted by molar-refractivity contribution is 7.17. The van der Waals surface area contributed by atoms with Gasteiger partial charge in [0.15, 0.2) is 0 Å². The molecule has 0 aliphatic carbocycles. The Hall–Kier alpha value is -1.88. The number of fused-ring (bicyclic) bond motifs is 1. The number of hydrogen-bond donors (Lipinski definition) is 2. The van der Waals surface area contributed by atoms with Gasteiger partial charge < -0.3 is 10.4 Å². The molecule has 1 atom stereocenters. The van der Waals surface area contributed by atoms with E-state index in [0.29, 0.717) is 12.8 Å². The number of aliphatic carboxylic acids is 1. The van der Waals surface area contributed by atoms with Crippen LogP contribution in [0.4, 0.5) is 0 Å². The Labute approximate surface area is 127 Å². The summed E-state index contributed by atoms with van der Waals surface area (Å²) < 4.78 is 1.13. The molecule has 0 aliphatic heterocycles. The number of amides is 1. The first-order valence-electron chi connectivity index (χ1n) is 6.96. The largest absolute Gasteiger partial charge is 0.480 e. The fourth-order valence-electron chi connectivity index (χ4n) is 2.42. The maximum absolute atomic E-state index is 12.2. The highest BCUT2D eigenvalue weighted by Gasteiger charge is 2.33. The van der Waals surface area contributed by atoms with Crippen LogP contribution in [0.3, 0.4) is 0 Å². The Kier molecular flexibility index (Phi) is 4.63. The Morgan fingerprint density at radius 2 is 2.05 bits per heavy atom. The Morgan fingerprint density at radius 3 is 2.71 bits per heavy atom. The highest BCUT2D eigenvalue weighted by Crippen LogP contribution is 2.26. The van der Waals surface area contributed by atoms with E-state index in [0.717, 1.165) is 15.6 Å². The summed E-state index contributed by atoms with van der Waals surface area (Å²) in [5, 5.41) is 15.0. The predicted octanol–water partition coefficient (Wildman–Crippen LogP) is 3.20. The molecule has 0 spiro atoms. The third-order valence-corrected chi connectivity index (χ3v) is 4.56. The van der Waals surface area contributed by atoms with Crippen LogP contribution in [-0.2, 0) is 16.0 Å². The standard InChI is InChI=1S/C16H19NO3S/c1-3-8-16(2,15(19)20)17-14(18)9-11-10-21-13-7-5-4-6-12(11)13/h4-7,10H,3,8-9H2,1-2H3,(H,17,18)(H,19,20). The van der Waals surface area contributed by atoms with Gasteiger partial charge in [-0.05, 0) is 35.7 Å². The SMILES string of the molecule is CCCC(C)(NC(=O)Cc1csc2ccccc12)C(=O)O. The molecule has 0 saturated heterocycles. The normalized spacial score (nSPS) is 13.8. The highest BCUT2D eigenvalue weighted by atomic mass is 32.1. The van der Waals surface area contributed by atoms with Gasteiger partial charge in [0.2, 0.25) is 5.91 Å². The summed E-state index contributed by atoms with van der Waals surface area (Å²) in [6, 6.07) is 7.90. The second kappa shape index (κ2) is 6.26. The smallest absolute Gasteiger partial charge is 0.329 e. The van der Waals surface area contributed by atoms with Crippen molar-refractivity contribution >= 4 is 33.3 Å². The monoisotopic (exact) mass is 305 g/mol. The molecule has 2 aromatic rings. The molecule has 1 heterocycles. The first-order valence-corrected chi connectivity index (χ1v) is 7.84. The van der Waals surface area contributed by atoms with Crippen molar-refractivity contribution in [1.29, 1.82) is 0 Å². The molecular formula is C16H19NO3S. The summed E-state index contributed by atoms with van der Waals surface area (Å²) in [4.78, 5) is 23.5. The fraction of sp³-hybridized carbons (Fsp3) is 0.375. The molecule has 0 saturated carbocycles. The molecule has 0 bridgehead atoms. The number of hydrogen-bond acceptors (Lipinski definition) is 3. The van der Waals surface area contributed by atoms with E-state index in [1.165, 1.54) is 0 Å². The molecule has 0 fully saturated rings. The second-order valence-electron chi connectivity index (χ2n) is 5.37. The van der Waals surface area contributed by atoms with Crippen LogP contribution in [0, 0.1) is 0 Å². The lowest BCUT2D eigenvalue weighted by Gasteiger charge is -2.25. The van der Waals surface area contributed by atoms with E-state index >= 15 is 0 Å². The maximum Gasteiger partial charge on any atom is 0.329 e.